The fourth-order valence-corrected chi connectivity index (χ4v) is 3.25. The Bertz CT molecular complexity index is 1020. The molecule has 0 aliphatic heterocycles. The van der Waals surface area contributed by atoms with Crippen molar-refractivity contribution in [3.05, 3.63) is 66.6 Å². The number of hydrogen-bond donors (Lipinski definition) is 1. The maximum Gasteiger partial charge on any atom is 0.295 e. The van der Waals surface area contributed by atoms with E-state index in [1.165, 1.54) is 4.57 Å². The molecule has 0 spiro atoms. The van der Waals surface area contributed by atoms with Gasteiger partial charge in [-0.15, -0.1) is 0 Å². The van der Waals surface area contributed by atoms with Crippen LogP contribution in [0.25, 0.3) is 21.9 Å². The van der Waals surface area contributed by atoms with Crippen LogP contribution in [-0.2, 0) is 13.1 Å². The number of halogens is 2. The second-order valence-electron chi connectivity index (χ2n) is 6.05. The first-order valence-corrected chi connectivity index (χ1v) is 8.09. The Morgan fingerprint density at radius 1 is 0.920 bits per heavy atom. The van der Waals surface area contributed by atoms with Crippen molar-refractivity contribution in [2.45, 2.75) is 25.6 Å². The Labute approximate surface area is 142 Å². The number of nitrogens with zero attached hydrogens (tertiary/aromatic N) is 3. The van der Waals surface area contributed by atoms with E-state index in [0.29, 0.717) is 17.6 Å². The molecule has 2 heterocycles. The van der Waals surface area contributed by atoms with Crippen molar-refractivity contribution in [3.63, 3.8) is 0 Å². The molecule has 0 aliphatic rings. The number of hydrogen-bond acceptors (Lipinski definition) is 2. The first-order valence-electron chi connectivity index (χ1n) is 8.09. The maximum atomic E-state index is 13.3. The molecule has 25 heavy (non-hydrogen) atoms. The van der Waals surface area contributed by atoms with Crippen LogP contribution in [0.2, 0.25) is 0 Å². The van der Waals surface area contributed by atoms with Crippen LogP contribution in [-0.4, -0.2) is 25.3 Å². The third-order valence-electron chi connectivity index (χ3n) is 4.36. The zero-order chi connectivity index (χ0) is 17.4. The highest BCUT2D eigenvalue weighted by atomic mass is 19.3. The van der Waals surface area contributed by atoms with Gasteiger partial charge in [0.1, 0.15) is 0 Å². The number of aliphatic hydroxyl groups is 1. The van der Waals surface area contributed by atoms with Gasteiger partial charge in [0.25, 0.3) is 6.43 Å². The first kappa shape index (κ1) is 15.8. The third kappa shape index (κ3) is 2.89. The molecule has 4 aromatic rings. The summed E-state index contributed by atoms with van der Waals surface area (Å²) in [6, 6.07) is 16.8. The lowest BCUT2D eigenvalue weighted by molar-refractivity contribution is 0.114. The van der Waals surface area contributed by atoms with Crippen LogP contribution in [0.15, 0.2) is 60.8 Å². The lowest BCUT2D eigenvalue weighted by Crippen LogP contribution is -2.23. The van der Waals surface area contributed by atoms with Gasteiger partial charge in [0.2, 0.25) is 0 Å². The minimum atomic E-state index is -2.69. The molecule has 0 fully saturated rings. The zero-order valence-corrected chi connectivity index (χ0v) is 13.4. The molecule has 2 aromatic carbocycles. The largest absolute Gasteiger partial charge is 0.389 e. The van der Waals surface area contributed by atoms with Crippen molar-refractivity contribution in [1.82, 2.24) is 14.1 Å². The van der Waals surface area contributed by atoms with Gasteiger partial charge in [-0.25, -0.2) is 13.8 Å². The summed E-state index contributed by atoms with van der Waals surface area (Å²) < 4.78 is 30.0. The van der Waals surface area contributed by atoms with Crippen LogP contribution in [0, 0.1) is 0 Å². The van der Waals surface area contributed by atoms with E-state index in [1.807, 2.05) is 41.1 Å². The van der Waals surface area contributed by atoms with Gasteiger partial charge < -0.3 is 14.2 Å². The highest BCUT2D eigenvalue weighted by Gasteiger charge is 2.20. The molecule has 1 unspecified atom stereocenters. The van der Waals surface area contributed by atoms with Crippen LogP contribution >= 0.6 is 0 Å². The Morgan fingerprint density at radius 3 is 2.44 bits per heavy atom. The Balaban J connectivity index is 1.63. The molecule has 0 amide bonds. The summed E-state index contributed by atoms with van der Waals surface area (Å²) in [5.41, 5.74) is 2.12. The number of benzene rings is 2. The molecular weight excluding hydrogens is 324 g/mol. The van der Waals surface area contributed by atoms with E-state index < -0.39 is 12.5 Å². The molecule has 0 bridgehead atoms. The summed E-state index contributed by atoms with van der Waals surface area (Å²) >= 11 is 0. The molecule has 0 saturated carbocycles. The van der Waals surface area contributed by atoms with Gasteiger partial charge in [-0.3, -0.25) is 0 Å². The van der Waals surface area contributed by atoms with Crippen LogP contribution in [0.3, 0.4) is 0 Å². The van der Waals surface area contributed by atoms with Crippen molar-refractivity contribution in [2.24, 2.45) is 0 Å². The van der Waals surface area contributed by atoms with Gasteiger partial charge in [0, 0.05) is 11.7 Å². The van der Waals surface area contributed by atoms with Gasteiger partial charge in [-0.1, -0.05) is 30.3 Å². The normalized spacial score (nSPS) is 13.1. The van der Waals surface area contributed by atoms with Crippen molar-refractivity contribution < 1.29 is 13.9 Å². The summed E-state index contributed by atoms with van der Waals surface area (Å²) in [6.45, 7) is 0.384. The standard InChI is InChI=1S/C19H17F2N3O/c20-18(21)19-22-15-6-2-4-8-17(15)24(19)12-14(25)11-23-10-9-13-5-1-3-7-16(13)23/h1-10,14,18,25H,11-12H2. The van der Waals surface area contributed by atoms with Crippen molar-refractivity contribution >= 4 is 21.9 Å². The quantitative estimate of drug-likeness (QED) is 0.596. The van der Waals surface area contributed by atoms with E-state index in [4.69, 9.17) is 0 Å². The van der Waals surface area contributed by atoms with Gasteiger partial charge in [0.15, 0.2) is 5.82 Å². The molecule has 4 nitrogen and oxygen atoms in total. The smallest absolute Gasteiger partial charge is 0.295 e. The average Bonchev–Trinajstić information content (AvgIpc) is 3.17. The second-order valence-corrected chi connectivity index (χ2v) is 6.05. The molecule has 1 N–H and O–H groups in total. The fraction of sp³-hybridized carbons (Fsp3) is 0.211. The summed E-state index contributed by atoms with van der Waals surface area (Å²) in [5.74, 6) is -0.308. The summed E-state index contributed by atoms with van der Waals surface area (Å²) in [6.07, 6.45) is -1.61. The van der Waals surface area contributed by atoms with Gasteiger partial charge in [-0.05, 0) is 29.7 Å². The molecule has 4 rings (SSSR count). The van der Waals surface area contributed by atoms with E-state index in [0.717, 1.165) is 10.9 Å². The monoisotopic (exact) mass is 341 g/mol. The Morgan fingerprint density at radius 2 is 1.64 bits per heavy atom. The molecule has 0 radical (unpaired) electrons. The minimum Gasteiger partial charge on any atom is -0.389 e. The van der Waals surface area contributed by atoms with E-state index in [2.05, 4.69) is 4.98 Å². The summed E-state index contributed by atoms with van der Waals surface area (Å²) in [4.78, 5) is 4.01. The fourth-order valence-electron chi connectivity index (χ4n) is 3.25. The van der Waals surface area contributed by atoms with Crippen molar-refractivity contribution in [3.8, 4) is 0 Å². The summed E-state index contributed by atoms with van der Waals surface area (Å²) in [7, 11) is 0. The molecular formula is C19H17F2N3O. The van der Waals surface area contributed by atoms with E-state index in [-0.39, 0.29) is 12.4 Å². The topological polar surface area (TPSA) is 43.0 Å². The van der Waals surface area contributed by atoms with Crippen molar-refractivity contribution in [2.75, 3.05) is 0 Å². The van der Waals surface area contributed by atoms with Gasteiger partial charge >= 0.3 is 0 Å². The number of aliphatic hydroxyl groups excluding tert-OH is 1. The van der Waals surface area contributed by atoms with E-state index >= 15 is 0 Å². The molecule has 2 aromatic heterocycles. The number of fused-ring (bicyclic) bond motifs is 2. The lowest BCUT2D eigenvalue weighted by Gasteiger charge is -2.16. The molecule has 0 saturated heterocycles. The predicted octanol–water partition coefficient (Wildman–Crippen LogP) is 3.99. The van der Waals surface area contributed by atoms with E-state index in [9.17, 15) is 13.9 Å². The lowest BCUT2D eigenvalue weighted by atomic mass is 10.2. The van der Waals surface area contributed by atoms with Crippen LogP contribution in [0.5, 0.6) is 0 Å². The molecule has 128 valence electrons. The van der Waals surface area contributed by atoms with Crippen LogP contribution < -0.4 is 0 Å². The molecule has 0 aliphatic carbocycles. The second kappa shape index (κ2) is 6.29. The van der Waals surface area contributed by atoms with E-state index in [1.54, 1.807) is 24.3 Å². The zero-order valence-electron chi connectivity index (χ0n) is 13.4. The number of para-hydroxylation sites is 3. The van der Waals surface area contributed by atoms with Crippen molar-refractivity contribution in [1.29, 1.82) is 0 Å². The Kier molecular flexibility index (Phi) is 3.97. The number of rotatable bonds is 5. The maximum absolute atomic E-state index is 13.3. The van der Waals surface area contributed by atoms with Crippen LogP contribution in [0.4, 0.5) is 8.78 Å². The third-order valence-corrected chi connectivity index (χ3v) is 4.36. The minimum absolute atomic E-state index is 0.0622. The van der Waals surface area contributed by atoms with Gasteiger partial charge in [-0.2, -0.15) is 0 Å². The average molecular weight is 341 g/mol. The first-order chi connectivity index (χ1) is 12.1. The number of alkyl halides is 2. The summed E-state index contributed by atoms with van der Waals surface area (Å²) in [5, 5.41) is 11.6. The highest BCUT2D eigenvalue weighted by Crippen LogP contribution is 2.25. The van der Waals surface area contributed by atoms with Crippen LogP contribution in [0.1, 0.15) is 12.2 Å². The highest BCUT2D eigenvalue weighted by molar-refractivity contribution is 5.80. The van der Waals surface area contributed by atoms with Gasteiger partial charge in [0.05, 0.1) is 30.2 Å². The number of imidazole rings is 1. The predicted molar refractivity (Wildman–Crippen MR) is 92.6 cm³/mol. The molecule has 1 atom stereocenters. The Hall–Kier alpha value is -2.73. The number of aromatic nitrogens is 3. The SMILES string of the molecule is OC(Cn1ccc2ccccc21)Cn1c(C(F)F)nc2ccccc21. The molecule has 6 heteroatoms.